The zero-order chi connectivity index (χ0) is 10.1. The molecule has 1 atom stereocenters. The van der Waals surface area contributed by atoms with Gasteiger partial charge in [-0.3, -0.25) is 4.79 Å². The summed E-state index contributed by atoms with van der Waals surface area (Å²) in [5.74, 6) is 0.0883. The molecule has 2 rings (SSSR count). The molecule has 1 unspecified atom stereocenters. The Labute approximate surface area is 82.6 Å². The van der Waals surface area contributed by atoms with Gasteiger partial charge in [0.05, 0.1) is 0 Å². The molecule has 1 aliphatic carbocycles. The van der Waals surface area contributed by atoms with Crippen LogP contribution in [0, 0.1) is 5.92 Å². The second kappa shape index (κ2) is 3.44. The van der Waals surface area contributed by atoms with Gasteiger partial charge in [-0.2, -0.15) is 0 Å². The van der Waals surface area contributed by atoms with Crippen molar-refractivity contribution in [1.29, 1.82) is 0 Å². The van der Waals surface area contributed by atoms with E-state index in [0.717, 1.165) is 12.5 Å². The normalized spacial score (nSPS) is 18.1. The van der Waals surface area contributed by atoms with Gasteiger partial charge >= 0.3 is 5.97 Å². The van der Waals surface area contributed by atoms with Crippen molar-refractivity contribution in [2.45, 2.75) is 32.2 Å². The largest absolute Gasteiger partial charge is 0.481 e. The third-order valence-corrected chi connectivity index (χ3v) is 2.66. The monoisotopic (exact) mass is 194 g/mol. The van der Waals surface area contributed by atoms with Crippen LogP contribution in [-0.4, -0.2) is 20.6 Å². The van der Waals surface area contributed by atoms with Crippen LogP contribution in [0.15, 0.2) is 12.4 Å². The van der Waals surface area contributed by atoms with Crippen molar-refractivity contribution in [2.24, 2.45) is 5.92 Å². The molecule has 1 aliphatic rings. The molecule has 0 bridgehead atoms. The van der Waals surface area contributed by atoms with Gasteiger partial charge in [-0.25, -0.2) is 4.98 Å². The number of hydrogen-bond donors (Lipinski definition) is 1. The molecular weight excluding hydrogens is 180 g/mol. The average molecular weight is 194 g/mol. The Balaban J connectivity index is 2.14. The lowest BCUT2D eigenvalue weighted by atomic mass is 10.1. The molecular formula is C10H14N2O2. The fourth-order valence-electron chi connectivity index (χ4n) is 1.54. The fraction of sp³-hybridized carbons (Fsp3) is 0.600. The summed E-state index contributed by atoms with van der Waals surface area (Å²) in [5.41, 5.74) is 0. The van der Waals surface area contributed by atoms with Crippen LogP contribution in [-0.2, 0) is 11.3 Å². The van der Waals surface area contributed by atoms with E-state index in [4.69, 9.17) is 5.11 Å². The second-order valence-electron chi connectivity index (χ2n) is 3.94. The third kappa shape index (κ3) is 1.78. The topological polar surface area (TPSA) is 55.1 Å². The molecule has 0 radical (unpaired) electrons. The van der Waals surface area contributed by atoms with Crippen LogP contribution < -0.4 is 0 Å². The summed E-state index contributed by atoms with van der Waals surface area (Å²) >= 11 is 0. The second-order valence-corrected chi connectivity index (χ2v) is 3.94. The Morgan fingerprint density at radius 1 is 1.79 bits per heavy atom. The zero-order valence-corrected chi connectivity index (χ0v) is 8.18. The number of nitrogens with zero attached hydrogens (tertiary/aromatic N) is 2. The van der Waals surface area contributed by atoms with Gasteiger partial charge < -0.3 is 9.67 Å². The number of carboxylic acid groups (broad SMARTS) is 1. The van der Waals surface area contributed by atoms with Gasteiger partial charge in [0, 0.05) is 18.9 Å². The maximum atomic E-state index is 10.8. The molecule has 0 amide bonds. The molecule has 14 heavy (non-hydrogen) atoms. The van der Waals surface area contributed by atoms with E-state index in [1.807, 2.05) is 10.8 Å². The molecule has 1 aromatic rings. The number of hydrogen-bond acceptors (Lipinski definition) is 2. The van der Waals surface area contributed by atoms with E-state index >= 15 is 0 Å². The molecule has 1 saturated carbocycles. The number of aliphatic carboxylic acids is 1. The fourth-order valence-corrected chi connectivity index (χ4v) is 1.54. The van der Waals surface area contributed by atoms with Crippen molar-refractivity contribution < 1.29 is 9.90 Å². The minimum atomic E-state index is -0.812. The number of carbonyl (C=O) groups is 1. The molecule has 1 heterocycles. The van der Waals surface area contributed by atoms with Crippen molar-refractivity contribution in [3.8, 4) is 0 Å². The summed E-state index contributed by atoms with van der Waals surface area (Å²) in [4.78, 5) is 14.9. The summed E-state index contributed by atoms with van der Waals surface area (Å²) in [5, 5.41) is 8.87. The standard InChI is InChI=1S/C10H14N2O2/c1-7(10(13)14)9-11-4-5-12(9)6-8-2-3-8/h4-5,7-8H,2-3,6H2,1H3,(H,13,14). The maximum absolute atomic E-state index is 10.8. The van der Waals surface area contributed by atoms with Crippen LogP contribution in [0.4, 0.5) is 0 Å². The van der Waals surface area contributed by atoms with Crippen molar-refractivity contribution in [1.82, 2.24) is 9.55 Å². The van der Waals surface area contributed by atoms with Crippen LogP contribution in [0.25, 0.3) is 0 Å². The molecule has 4 heteroatoms. The number of carboxylic acids is 1. The number of imidazole rings is 1. The van der Waals surface area contributed by atoms with Crippen LogP contribution in [0.3, 0.4) is 0 Å². The summed E-state index contributed by atoms with van der Waals surface area (Å²) in [6.07, 6.45) is 6.07. The zero-order valence-electron chi connectivity index (χ0n) is 8.18. The third-order valence-electron chi connectivity index (χ3n) is 2.66. The predicted molar refractivity (Wildman–Crippen MR) is 51.0 cm³/mol. The summed E-state index contributed by atoms with van der Waals surface area (Å²) in [6, 6.07) is 0. The lowest BCUT2D eigenvalue weighted by Crippen LogP contribution is -2.14. The van der Waals surface area contributed by atoms with Gasteiger partial charge in [0.15, 0.2) is 0 Å². The first-order chi connectivity index (χ1) is 6.68. The Bertz CT molecular complexity index is 342. The van der Waals surface area contributed by atoms with E-state index in [1.165, 1.54) is 12.8 Å². The van der Waals surface area contributed by atoms with Crippen LogP contribution in [0.1, 0.15) is 31.5 Å². The minimum Gasteiger partial charge on any atom is -0.481 e. The highest BCUT2D eigenvalue weighted by Gasteiger charge is 2.25. The molecule has 1 aromatic heterocycles. The van der Waals surface area contributed by atoms with E-state index in [9.17, 15) is 4.79 Å². The van der Waals surface area contributed by atoms with Crippen LogP contribution in [0.2, 0.25) is 0 Å². The van der Waals surface area contributed by atoms with Crippen LogP contribution in [0.5, 0.6) is 0 Å². The first-order valence-corrected chi connectivity index (χ1v) is 4.92. The van der Waals surface area contributed by atoms with Crippen molar-refractivity contribution in [3.63, 3.8) is 0 Å². The molecule has 0 saturated heterocycles. The van der Waals surface area contributed by atoms with E-state index < -0.39 is 11.9 Å². The molecule has 0 aliphatic heterocycles. The molecule has 4 nitrogen and oxygen atoms in total. The molecule has 0 spiro atoms. The minimum absolute atomic E-state index is 0.510. The molecule has 1 N–H and O–H groups in total. The first-order valence-electron chi connectivity index (χ1n) is 4.92. The smallest absolute Gasteiger partial charge is 0.313 e. The van der Waals surface area contributed by atoms with Gasteiger partial charge in [0.2, 0.25) is 0 Å². The highest BCUT2D eigenvalue weighted by molar-refractivity contribution is 5.74. The Morgan fingerprint density at radius 2 is 2.50 bits per heavy atom. The Morgan fingerprint density at radius 3 is 3.07 bits per heavy atom. The van der Waals surface area contributed by atoms with E-state index in [0.29, 0.717) is 5.82 Å². The SMILES string of the molecule is CC(C(=O)O)c1nccn1CC1CC1. The van der Waals surface area contributed by atoms with E-state index in [2.05, 4.69) is 4.98 Å². The Hall–Kier alpha value is -1.32. The highest BCUT2D eigenvalue weighted by Crippen LogP contribution is 2.31. The lowest BCUT2D eigenvalue weighted by Gasteiger charge is -2.09. The van der Waals surface area contributed by atoms with E-state index in [-0.39, 0.29) is 0 Å². The van der Waals surface area contributed by atoms with E-state index in [1.54, 1.807) is 13.1 Å². The molecule has 76 valence electrons. The summed E-state index contributed by atoms with van der Waals surface area (Å²) in [6.45, 7) is 2.60. The Kier molecular flexibility index (Phi) is 2.27. The summed E-state index contributed by atoms with van der Waals surface area (Å²) in [7, 11) is 0. The number of aromatic nitrogens is 2. The van der Waals surface area contributed by atoms with Crippen molar-refractivity contribution in [2.75, 3.05) is 0 Å². The van der Waals surface area contributed by atoms with Crippen molar-refractivity contribution in [3.05, 3.63) is 18.2 Å². The van der Waals surface area contributed by atoms with Gasteiger partial charge in [-0.05, 0) is 25.7 Å². The molecule has 0 aromatic carbocycles. The van der Waals surface area contributed by atoms with Crippen molar-refractivity contribution >= 4 is 5.97 Å². The first kappa shape index (κ1) is 9.24. The quantitative estimate of drug-likeness (QED) is 0.789. The van der Waals surface area contributed by atoms with Gasteiger partial charge in [0.1, 0.15) is 11.7 Å². The highest BCUT2D eigenvalue weighted by atomic mass is 16.4. The van der Waals surface area contributed by atoms with Gasteiger partial charge in [0.25, 0.3) is 0 Å². The molecule has 1 fully saturated rings. The maximum Gasteiger partial charge on any atom is 0.313 e. The summed E-state index contributed by atoms with van der Waals surface area (Å²) < 4.78 is 1.97. The van der Waals surface area contributed by atoms with Crippen LogP contribution >= 0.6 is 0 Å². The lowest BCUT2D eigenvalue weighted by molar-refractivity contribution is -0.138. The van der Waals surface area contributed by atoms with Gasteiger partial charge in [-0.1, -0.05) is 0 Å². The predicted octanol–water partition coefficient (Wildman–Crippen LogP) is 1.48. The van der Waals surface area contributed by atoms with Gasteiger partial charge in [-0.15, -0.1) is 0 Å². The average Bonchev–Trinajstić information content (AvgIpc) is 2.82. The number of rotatable bonds is 4.